The molecule has 10 heavy (non-hydrogen) atoms. The molecule has 0 aromatic rings. The minimum Gasteiger partial charge on any atom is -0.444 e. The Labute approximate surface area is 57.5 Å². The second-order valence-electron chi connectivity index (χ2n) is 2.08. The Bertz CT molecular complexity index is 168. The molecule has 56 valence electrons. The van der Waals surface area contributed by atoms with Gasteiger partial charge in [-0.25, -0.2) is 4.79 Å². The minimum atomic E-state index is -0.480. The number of amides is 2. The van der Waals surface area contributed by atoms with Crippen LogP contribution in [-0.4, -0.2) is 24.6 Å². The smallest absolute Gasteiger partial charge is 0.407 e. The first-order valence-corrected chi connectivity index (χ1v) is 2.91. The topological polar surface area (TPSA) is 81.4 Å². The highest BCUT2D eigenvalue weighted by molar-refractivity contribution is 5.76. The summed E-state index contributed by atoms with van der Waals surface area (Å²) in [5.74, 6) is -0.457. The molecule has 5 heteroatoms. The fraction of sp³-hybridized carbons (Fsp3) is 0.600. The first-order chi connectivity index (χ1) is 4.68. The Morgan fingerprint density at radius 2 is 2.60 bits per heavy atom. The molecule has 1 saturated heterocycles. The van der Waals surface area contributed by atoms with Gasteiger partial charge in [-0.2, -0.15) is 0 Å². The van der Waals surface area contributed by atoms with Crippen LogP contribution < -0.4 is 11.1 Å². The van der Waals surface area contributed by atoms with Gasteiger partial charge in [-0.1, -0.05) is 0 Å². The number of hydrogen-bond donors (Lipinski definition) is 2. The Hall–Kier alpha value is -1.26. The summed E-state index contributed by atoms with van der Waals surface area (Å²) in [5.41, 5.74) is 4.86. The van der Waals surface area contributed by atoms with Gasteiger partial charge in [-0.15, -0.1) is 0 Å². The van der Waals surface area contributed by atoms with Crippen molar-refractivity contribution in [3.8, 4) is 0 Å². The van der Waals surface area contributed by atoms with Crippen LogP contribution in [0.3, 0.4) is 0 Å². The molecule has 1 unspecified atom stereocenters. The number of primary amides is 1. The van der Waals surface area contributed by atoms with E-state index < -0.39 is 12.0 Å². The van der Waals surface area contributed by atoms with Crippen molar-refractivity contribution in [2.24, 2.45) is 5.73 Å². The van der Waals surface area contributed by atoms with E-state index in [0.29, 0.717) is 6.54 Å². The van der Waals surface area contributed by atoms with Crippen LogP contribution in [0.25, 0.3) is 0 Å². The van der Waals surface area contributed by atoms with Crippen LogP contribution in [0.2, 0.25) is 0 Å². The van der Waals surface area contributed by atoms with E-state index in [-0.39, 0.29) is 12.5 Å². The average Bonchev–Trinajstić information content (AvgIpc) is 2.13. The summed E-state index contributed by atoms with van der Waals surface area (Å²) in [5, 5.41) is 2.41. The second-order valence-corrected chi connectivity index (χ2v) is 2.08. The van der Waals surface area contributed by atoms with E-state index in [1.165, 1.54) is 0 Å². The fourth-order valence-electron chi connectivity index (χ4n) is 0.770. The summed E-state index contributed by atoms with van der Waals surface area (Å²) in [6, 6.07) is 0. The molecule has 1 aliphatic rings. The zero-order valence-corrected chi connectivity index (χ0v) is 5.29. The fourth-order valence-corrected chi connectivity index (χ4v) is 0.770. The van der Waals surface area contributed by atoms with E-state index in [2.05, 4.69) is 10.1 Å². The number of alkyl carbamates (subject to hydrolysis) is 1. The summed E-state index contributed by atoms with van der Waals surface area (Å²) in [4.78, 5) is 20.6. The minimum absolute atomic E-state index is 0.0960. The van der Waals surface area contributed by atoms with Gasteiger partial charge in [0.1, 0.15) is 6.10 Å². The molecule has 3 N–H and O–H groups in total. The van der Waals surface area contributed by atoms with Crippen LogP contribution in [0.4, 0.5) is 4.79 Å². The lowest BCUT2D eigenvalue weighted by Crippen LogP contribution is -2.22. The molecule has 1 heterocycles. The molecule has 0 aromatic carbocycles. The lowest BCUT2D eigenvalue weighted by atomic mass is 10.2. The lowest BCUT2D eigenvalue weighted by Gasteiger charge is -2.01. The van der Waals surface area contributed by atoms with Crippen molar-refractivity contribution in [1.82, 2.24) is 5.32 Å². The third-order valence-corrected chi connectivity index (χ3v) is 1.18. The van der Waals surface area contributed by atoms with E-state index in [4.69, 9.17) is 5.73 Å². The van der Waals surface area contributed by atoms with Gasteiger partial charge in [0, 0.05) is 0 Å². The lowest BCUT2D eigenvalue weighted by molar-refractivity contribution is -0.119. The molecule has 0 aromatic heterocycles. The number of ether oxygens (including phenoxy) is 1. The van der Waals surface area contributed by atoms with Gasteiger partial charge in [0.25, 0.3) is 0 Å². The molecule has 0 radical (unpaired) electrons. The Morgan fingerprint density at radius 3 is 3.00 bits per heavy atom. The number of nitrogens with two attached hydrogens (primary N) is 1. The van der Waals surface area contributed by atoms with Crippen LogP contribution >= 0.6 is 0 Å². The third-order valence-electron chi connectivity index (χ3n) is 1.18. The van der Waals surface area contributed by atoms with Gasteiger partial charge in [0.05, 0.1) is 13.0 Å². The summed E-state index contributed by atoms with van der Waals surface area (Å²) in [6.07, 6.45) is -0.755. The Morgan fingerprint density at radius 1 is 1.90 bits per heavy atom. The molecular weight excluding hydrogens is 136 g/mol. The Kier molecular flexibility index (Phi) is 1.75. The molecule has 1 fully saturated rings. The average molecular weight is 144 g/mol. The maximum atomic E-state index is 10.3. The highest BCUT2D eigenvalue weighted by atomic mass is 16.6. The third kappa shape index (κ3) is 1.61. The predicted octanol–water partition coefficient (Wildman–Crippen LogP) is -1.03. The van der Waals surface area contributed by atoms with E-state index in [1.807, 2.05) is 0 Å². The SMILES string of the molecule is NC(=O)CC1CNC(=O)O1. The molecule has 5 nitrogen and oxygen atoms in total. The molecule has 0 bridgehead atoms. The largest absolute Gasteiger partial charge is 0.444 e. The van der Waals surface area contributed by atoms with Gasteiger partial charge in [0.15, 0.2) is 0 Å². The maximum absolute atomic E-state index is 10.3. The molecular formula is C5H8N2O3. The molecule has 0 spiro atoms. The molecule has 1 aliphatic heterocycles. The first-order valence-electron chi connectivity index (χ1n) is 2.91. The van der Waals surface area contributed by atoms with Crippen LogP contribution in [-0.2, 0) is 9.53 Å². The molecule has 1 atom stereocenters. The summed E-state index contributed by atoms with van der Waals surface area (Å²) in [6.45, 7) is 0.377. The first kappa shape index (κ1) is 6.85. The maximum Gasteiger partial charge on any atom is 0.407 e. The second kappa shape index (κ2) is 2.55. The molecule has 0 saturated carbocycles. The molecule has 1 rings (SSSR count). The quantitative estimate of drug-likeness (QED) is 0.520. The summed E-state index contributed by atoms with van der Waals surface area (Å²) < 4.78 is 4.62. The van der Waals surface area contributed by atoms with Crippen molar-refractivity contribution in [3.63, 3.8) is 0 Å². The van der Waals surface area contributed by atoms with E-state index in [1.54, 1.807) is 0 Å². The van der Waals surface area contributed by atoms with Crippen molar-refractivity contribution in [3.05, 3.63) is 0 Å². The molecule has 2 amide bonds. The summed E-state index contributed by atoms with van der Waals surface area (Å²) >= 11 is 0. The van der Waals surface area contributed by atoms with Crippen molar-refractivity contribution >= 4 is 12.0 Å². The van der Waals surface area contributed by atoms with Crippen molar-refractivity contribution < 1.29 is 14.3 Å². The van der Waals surface area contributed by atoms with Crippen LogP contribution in [0.15, 0.2) is 0 Å². The Balaban J connectivity index is 2.31. The van der Waals surface area contributed by atoms with Crippen molar-refractivity contribution in [2.45, 2.75) is 12.5 Å². The van der Waals surface area contributed by atoms with Crippen LogP contribution in [0.5, 0.6) is 0 Å². The number of carbonyl (C=O) groups is 2. The summed E-state index contributed by atoms with van der Waals surface area (Å²) in [7, 11) is 0. The predicted molar refractivity (Wildman–Crippen MR) is 32.1 cm³/mol. The van der Waals surface area contributed by atoms with Gasteiger partial charge in [-0.05, 0) is 0 Å². The molecule has 0 aliphatic carbocycles. The number of nitrogens with one attached hydrogen (secondary N) is 1. The number of cyclic esters (lactones) is 1. The standard InChI is InChI=1S/C5H8N2O3/c6-4(8)1-3-2-7-5(9)10-3/h3H,1-2H2,(H2,6,8)(H,7,9). The number of rotatable bonds is 2. The monoisotopic (exact) mass is 144 g/mol. The van der Waals surface area contributed by atoms with Crippen LogP contribution in [0.1, 0.15) is 6.42 Å². The van der Waals surface area contributed by atoms with Crippen molar-refractivity contribution in [1.29, 1.82) is 0 Å². The number of carbonyl (C=O) groups excluding carboxylic acids is 2. The van der Waals surface area contributed by atoms with Gasteiger partial charge >= 0.3 is 6.09 Å². The van der Waals surface area contributed by atoms with E-state index in [0.717, 1.165) is 0 Å². The normalized spacial score (nSPS) is 23.6. The zero-order valence-electron chi connectivity index (χ0n) is 5.29. The number of hydrogen-bond acceptors (Lipinski definition) is 3. The highest BCUT2D eigenvalue weighted by Gasteiger charge is 2.23. The highest BCUT2D eigenvalue weighted by Crippen LogP contribution is 2.02. The van der Waals surface area contributed by atoms with Gasteiger partial charge in [-0.3, -0.25) is 4.79 Å². The van der Waals surface area contributed by atoms with Gasteiger partial charge < -0.3 is 15.8 Å². The van der Waals surface area contributed by atoms with E-state index in [9.17, 15) is 9.59 Å². The van der Waals surface area contributed by atoms with Crippen LogP contribution in [0, 0.1) is 0 Å². The zero-order chi connectivity index (χ0) is 7.56. The van der Waals surface area contributed by atoms with Gasteiger partial charge in [0.2, 0.25) is 5.91 Å². The van der Waals surface area contributed by atoms with Crippen molar-refractivity contribution in [2.75, 3.05) is 6.54 Å². The van der Waals surface area contributed by atoms with E-state index >= 15 is 0 Å².